The van der Waals surface area contributed by atoms with Crippen LogP contribution in [-0.4, -0.2) is 24.5 Å². The first-order valence-electron chi connectivity index (χ1n) is 8.84. The average Bonchev–Trinajstić information content (AvgIpc) is 2.64. The molecule has 8 heteroatoms. The summed E-state index contributed by atoms with van der Waals surface area (Å²) in [6.45, 7) is 5.71. The first-order valence-corrected chi connectivity index (χ1v) is 8.84. The van der Waals surface area contributed by atoms with Crippen molar-refractivity contribution in [3.63, 3.8) is 0 Å². The molecule has 0 spiro atoms. The number of benzene rings is 2. The van der Waals surface area contributed by atoms with Crippen molar-refractivity contribution in [2.75, 3.05) is 19.0 Å². The normalized spacial score (nSPS) is 11.9. The maximum Gasteiger partial charge on any atom is 0.311 e. The van der Waals surface area contributed by atoms with Gasteiger partial charge < -0.3 is 15.4 Å². The lowest BCUT2D eigenvalue weighted by Crippen LogP contribution is -2.33. The van der Waals surface area contributed by atoms with Gasteiger partial charge in [0.15, 0.2) is 5.75 Å². The maximum absolute atomic E-state index is 13.1. The van der Waals surface area contributed by atoms with Crippen molar-refractivity contribution in [3.05, 3.63) is 63.5 Å². The molecule has 1 atom stereocenters. The third-order valence-corrected chi connectivity index (χ3v) is 4.37. The quantitative estimate of drug-likeness (QED) is 0.526. The van der Waals surface area contributed by atoms with Crippen LogP contribution in [0.25, 0.3) is 0 Å². The predicted octanol–water partition coefficient (Wildman–Crippen LogP) is 3.98. The summed E-state index contributed by atoms with van der Waals surface area (Å²) < 4.78 is 18.2. The molecule has 2 aromatic rings. The average molecular weight is 389 g/mol. The Hall–Kier alpha value is -3.00. The second-order valence-corrected chi connectivity index (χ2v) is 6.80. The molecular weight excluding hydrogens is 365 g/mol. The number of nitro benzene ring substituents is 1. The highest BCUT2D eigenvalue weighted by atomic mass is 19.1. The number of anilines is 1. The van der Waals surface area contributed by atoms with Crippen LogP contribution in [0.3, 0.4) is 0 Å². The number of amides is 1. The van der Waals surface area contributed by atoms with E-state index in [1.54, 1.807) is 19.1 Å². The Morgan fingerprint density at radius 1 is 1.25 bits per heavy atom. The van der Waals surface area contributed by atoms with Gasteiger partial charge >= 0.3 is 5.69 Å². The minimum Gasteiger partial charge on any atom is -0.490 e. The minimum absolute atomic E-state index is 0.0268. The van der Waals surface area contributed by atoms with Crippen LogP contribution >= 0.6 is 0 Å². The number of methoxy groups -OCH3 is 1. The van der Waals surface area contributed by atoms with Crippen LogP contribution < -0.4 is 15.4 Å². The summed E-state index contributed by atoms with van der Waals surface area (Å²) in [6, 6.07) is 8.83. The highest BCUT2D eigenvalue weighted by Gasteiger charge is 2.20. The summed E-state index contributed by atoms with van der Waals surface area (Å²) in [7, 11) is 1.33. The van der Waals surface area contributed by atoms with E-state index in [2.05, 4.69) is 10.6 Å². The van der Waals surface area contributed by atoms with Gasteiger partial charge in [-0.2, -0.15) is 0 Å². The van der Waals surface area contributed by atoms with E-state index >= 15 is 0 Å². The molecule has 150 valence electrons. The molecule has 7 nitrogen and oxygen atoms in total. The number of aryl methyl sites for hydroxylation is 1. The first-order chi connectivity index (χ1) is 13.2. The van der Waals surface area contributed by atoms with Gasteiger partial charge in [0.05, 0.1) is 18.6 Å². The van der Waals surface area contributed by atoms with Crippen molar-refractivity contribution in [3.8, 4) is 5.75 Å². The van der Waals surface area contributed by atoms with Crippen LogP contribution in [0.1, 0.15) is 31.0 Å². The molecule has 0 unspecified atom stereocenters. The predicted molar refractivity (Wildman–Crippen MR) is 105 cm³/mol. The number of hydrogen-bond acceptors (Lipinski definition) is 5. The van der Waals surface area contributed by atoms with Crippen molar-refractivity contribution < 1.29 is 18.8 Å². The van der Waals surface area contributed by atoms with Gasteiger partial charge in [-0.05, 0) is 36.1 Å². The molecule has 2 aromatic carbocycles. The zero-order valence-corrected chi connectivity index (χ0v) is 16.3. The monoisotopic (exact) mass is 389 g/mol. The van der Waals surface area contributed by atoms with Gasteiger partial charge in [0, 0.05) is 23.9 Å². The molecular formula is C20H24FN3O4. The van der Waals surface area contributed by atoms with Gasteiger partial charge in [0.1, 0.15) is 5.82 Å². The van der Waals surface area contributed by atoms with Gasteiger partial charge in [-0.1, -0.05) is 26.0 Å². The number of rotatable bonds is 8. The topological polar surface area (TPSA) is 93.5 Å². The first kappa shape index (κ1) is 21.3. The highest BCUT2D eigenvalue weighted by Crippen LogP contribution is 2.32. The van der Waals surface area contributed by atoms with Crippen LogP contribution in [0.5, 0.6) is 5.75 Å². The van der Waals surface area contributed by atoms with Crippen LogP contribution in [0.15, 0.2) is 36.4 Å². The standard InChI is InChI=1S/C20H24FN3O4/c1-12(2)20(14-5-7-15(21)8-6-14)22-11-19(25)23-16-10-18(28-4)17(24(26)27)9-13(16)3/h5-10,12,20,22H,11H2,1-4H3,(H,23,25)/t20-/m0/s1. The fraction of sp³-hybridized carbons (Fsp3) is 0.350. The van der Waals surface area contributed by atoms with E-state index in [1.807, 2.05) is 13.8 Å². The van der Waals surface area contributed by atoms with Gasteiger partial charge in [-0.25, -0.2) is 4.39 Å². The molecule has 0 saturated carbocycles. The third-order valence-electron chi connectivity index (χ3n) is 4.37. The molecule has 0 aliphatic rings. The summed E-state index contributed by atoms with van der Waals surface area (Å²) >= 11 is 0. The SMILES string of the molecule is COc1cc(NC(=O)CN[C@H](c2ccc(F)cc2)C(C)C)c(C)cc1[N+](=O)[O-]. The smallest absolute Gasteiger partial charge is 0.311 e. The van der Waals surface area contributed by atoms with Crippen molar-refractivity contribution in [1.29, 1.82) is 0 Å². The molecule has 0 aliphatic carbocycles. The lowest BCUT2D eigenvalue weighted by Gasteiger charge is -2.23. The van der Waals surface area contributed by atoms with E-state index < -0.39 is 4.92 Å². The summed E-state index contributed by atoms with van der Waals surface area (Å²) in [5.41, 5.74) is 1.72. The second kappa shape index (κ2) is 9.27. The Bertz CT molecular complexity index is 853. The number of carbonyl (C=O) groups excluding carboxylic acids is 1. The number of nitrogens with one attached hydrogen (secondary N) is 2. The van der Waals surface area contributed by atoms with Crippen molar-refractivity contribution in [1.82, 2.24) is 5.32 Å². The molecule has 0 heterocycles. The minimum atomic E-state index is -0.533. The van der Waals surface area contributed by atoms with Crippen LogP contribution in [-0.2, 0) is 4.79 Å². The second-order valence-electron chi connectivity index (χ2n) is 6.80. The Labute approximate surface area is 163 Å². The number of halogens is 1. The van der Waals surface area contributed by atoms with Gasteiger partial charge in [0.2, 0.25) is 5.91 Å². The highest BCUT2D eigenvalue weighted by molar-refractivity contribution is 5.93. The molecule has 0 bridgehead atoms. The Balaban J connectivity index is 2.08. The van der Waals surface area contributed by atoms with E-state index in [0.717, 1.165) is 5.56 Å². The molecule has 0 radical (unpaired) electrons. The fourth-order valence-corrected chi connectivity index (χ4v) is 2.92. The zero-order valence-electron chi connectivity index (χ0n) is 16.3. The summed E-state index contributed by atoms with van der Waals surface area (Å²) in [4.78, 5) is 22.9. The number of carbonyl (C=O) groups is 1. The van der Waals surface area contributed by atoms with E-state index in [9.17, 15) is 19.3 Å². The van der Waals surface area contributed by atoms with Crippen LogP contribution in [0.4, 0.5) is 15.8 Å². The van der Waals surface area contributed by atoms with E-state index in [1.165, 1.54) is 31.4 Å². The third kappa shape index (κ3) is 5.26. The summed E-state index contributed by atoms with van der Waals surface area (Å²) in [6.07, 6.45) is 0. The van der Waals surface area contributed by atoms with Gasteiger partial charge in [-0.15, -0.1) is 0 Å². The zero-order chi connectivity index (χ0) is 20.8. The molecule has 0 aromatic heterocycles. The number of nitro groups is 1. The maximum atomic E-state index is 13.1. The molecule has 2 rings (SSSR count). The van der Waals surface area contributed by atoms with Crippen molar-refractivity contribution in [2.24, 2.45) is 5.92 Å². The largest absolute Gasteiger partial charge is 0.490 e. The number of ether oxygens (including phenoxy) is 1. The summed E-state index contributed by atoms with van der Waals surface area (Å²) in [5.74, 6) is -0.358. The summed E-state index contributed by atoms with van der Waals surface area (Å²) in [5, 5.41) is 17.0. The fourth-order valence-electron chi connectivity index (χ4n) is 2.92. The molecule has 0 aliphatic heterocycles. The van der Waals surface area contributed by atoms with E-state index in [0.29, 0.717) is 11.3 Å². The Morgan fingerprint density at radius 3 is 2.43 bits per heavy atom. The Morgan fingerprint density at radius 2 is 1.89 bits per heavy atom. The molecule has 28 heavy (non-hydrogen) atoms. The van der Waals surface area contributed by atoms with Crippen molar-refractivity contribution >= 4 is 17.3 Å². The lowest BCUT2D eigenvalue weighted by atomic mass is 9.96. The van der Waals surface area contributed by atoms with Crippen LogP contribution in [0.2, 0.25) is 0 Å². The lowest BCUT2D eigenvalue weighted by molar-refractivity contribution is -0.385. The number of hydrogen-bond donors (Lipinski definition) is 2. The van der Waals surface area contributed by atoms with Crippen molar-refractivity contribution in [2.45, 2.75) is 26.8 Å². The van der Waals surface area contributed by atoms with Gasteiger partial charge in [0.25, 0.3) is 0 Å². The van der Waals surface area contributed by atoms with Crippen LogP contribution in [0, 0.1) is 28.8 Å². The Kier molecular flexibility index (Phi) is 7.06. The van der Waals surface area contributed by atoms with E-state index in [4.69, 9.17) is 4.74 Å². The molecule has 0 saturated heterocycles. The molecule has 2 N–H and O–H groups in total. The van der Waals surface area contributed by atoms with Gasteiger partial charge in [-0.3, -0.25) is 14.9 Å². The van der Waals surface area contributed by atoms with E-state index in [-0.39, 0.29) is 41.7 Å². The molecule has 0 fully saturated rings. The molecule has 1 amide bonds. The number of nitrogens with zero attached hydrogens (tertiary/aromatic N) is 1.